The summed E-state index contributed by atoms with van der Waals surface area (Å²) in [6, 6.07) is 9.75. The molecule has 0 N–H and O–H groups in total. The smallest absolute Gasteiger partial charge is 0.242 e. The van der Waals surface area contributed by atoms with Crippen LogP contribution in [0.1, 0.15) is 75.9 Å². The fraction of sp³-hybridized carbons (Fsp3) is 0.556. The van der Waals surface area contributed by atoms with Crippen LogP contribution in [-0.2, 0) is 16.0 Å². The molecular formula is C27H37ClN2O2S. The summed E-state index contributed by atoms with van der Waals surface area (Å²) in [6.07, 6.45) is 3.16. The number of fused-ring (bicyclic) bond motifs is 1. The molecule has 0 radical (unpaired) electrons. The van der Waals surface area contributed by atoms with Gasteiger partial charge in [-0.1, -0.05) is 58.4 Å². The molecule has 0 saturated heterocycles. The van der Waals surface area contributed by atoms with Crippen LogP contribution in [-0.4, -0.2) is 41.2 Å². The summed E-state index contributed by atoms with van der Waals surface area (Å²) in [6.45, 7) is 12.2. The van der Waals surface area contributed by atoms with Gasteiger partial charge in [0.25, 0.3) is 0 Å². The van der Waals surface area contributed by atoms with Crippen molar-refractivity contribution in [2.45, 2.75) is 66.3 Å². The van der Waals surface area contributed by atoms with Crippen molar-refractivity contribution in [1.29, 1.82) is 0 Å². The zero-order chi connectivity index (χ0) is 24.2. The number of rotatable bonds is 8. The van der Waals surface area contributed by atoms with Crippen molar-refractivity contribution in [3.8, 4) is 0 Å². The van der Waals surface area contributed by atoms with Gasteiger partial charge in [-0.05, 0) is 65.3 Å². The normalized spacial score (nSPS) is 16.9. The third kappa shape index (κ3) is 6.83. The van der Waals surface area contributed by atoms with E-state index < -0.39 is 0 Å². The van der Waals surface area contributed by atoms with E-state index >= 15 is 0 Å². The van der Waals surface area contributed by atoms with Crippen molar-refractivity contribution >= 4 is 34.8 Å². The van der Waals surface area contributed by atoms with E-state index in [4.69, 9.17) is 11.6 Å². The lowest BCUT2D eigenvalue weighted by molar-refractivity contribution is -0.142. The van der Waals surface area contributed by atoms with E-state index in [9.17, 15) is 9.59 Å². The molecule has 1 aliphatic heterocycles. The van der Waals surface area contributed by atoms with Gasteiger partial charge in [-0.25, -0.2) is 0 Å². The Kier molecular flexibility index (Phi) is 8.63. The Hall–Kier alpha value is -1.85. The Labute approximate surface area is 207 Å². The van der Waals surface area contributed by atoms with E-state index in [2.05, 4.69) is 46.1 Å². The van der Waals surface area contributed by atoms with E-state index in [1.165, 1.54) is 10.4 Å². The molecule has 0 fully saturated rings. The molecule has 4 nitrogen and oxygen atoms in total. The molecule has 6 heteroatoms. The van der Waals surface area contributed by atoms with Crippen LogP contribution in [0.15, 0.2) is 35.7 Å². The van der Waals surface area contributed by atoms with Gasteiger partial charge in [-0.2, -0.15) is 0 Å². The number of amides is 2. The maximum atomic E-state index is 13.6. The molecule has 0 aliphatic carbocycles. The summed E-state index contributed by atoms with van der Waals surface area (Å²) in [7, 11) is 0. The number of nitrogens with zero attached hydrogens (tertiary/aromatic N) is 2. The highest BCUT2D eigenvalue weighted by molar-refractivity contribution is 7.10. The molecule has 3 rings (SSSR count). The van der Waals surface area contributed by atoms with Crippen LogP contribution in [0.3, 0.4) is 0 Å². The van der Waals surface area contributed by atoms with Crippen LogP contribution in [0.2, 0.25) is 5.02 Å². The molecule has 180 valence electrons. The maximum absolute atomic E-state index is 13.6. The van der Waals surface area contributed by atoms with Gasteiger partial charge in [0.2, 0.25) is 11.8 Å². The number of carbonyl (C=O) groups is 2. The number of benzene rings is 1. The van der Waals surface area contributed by atoms with E-state index in [1.807, 2.05) is 29.2 Å². The van der Waals surface area contributed by atoms with Crippen LogP contribution < -0.4 is 0 Å². The molecule has 2 amide bonds. The van der Waals surface area contributed by atoms with E-state index in [-0.39, 0.29) is 35.7 Å². The Bertz CT molecular complexity index is 948. The Balaban J connectivity index is 1.78. The summed E-state index contributed by atoms with van der Waals surface area (Å²) in [5, 5.41) is 2.78. The second-order valence-corrected chi connectivity index (χ2v) is 11.9. The average molecular weight is 489 g/mol. The van der Waals surface area contributed by atoms with Crippen LogP contribution in [0, 0.1) is 11.3 Å². The molecule has 0 bridgehead atoms. The van der Waals surface area contributed by atoms with Crippen molar-refractivity contribution in [3.05, 3.63) is 56.7 Å². The summed E-state index contributed by atoms with van der Waals surface area (Å²) in [4.78, 5) is 31.8. The van der Waals surface area contributed by atoms with Crippen molar-refractivity contribution in [2.75, 3.05) is 19.6 Å². The standard InChI is InChI=1S/C27H37ClN2O2S/c1-6-13-29(24(31)16-19(2)17-27(3,4)5)18-25(32)30-14-11-23-22(12-15-33-23)26(30)20-7-9-21(28)10-8-20/h7-10,12,15,19,26H,6,11,13-14,16-18H2,1-5H3. The largest absolute Gasteiger partial charge is 0.333 e. The second kappa shape index (κ2) is 11.1. The number of thiophene rings is 1. The summed E-state index contributed by atoms with van der Waals surface area (Å²) < 4.78 is 0. The van der Waals surface area contributed by atoms with Gasteiger partial charge in [0, 0.05) is 29.4 Å². The van der Waals surface area contributed by atoms with Crippen molar-refractivity contribution in [3.63, 3.8) is 0 Å². The first-order valence-corrected chi connectivity index (χ1v) is 13.2. The monoisotopic (exact) mass is 488 g/mol. The highest BCUT2D eigenvalue weighted by Crippen LogP contribution is 2.38. The lowest BCUT2D eigenvalue weighted by Crippen LogP contribution is -2.47. The van der Waals surface area contributed by atoms with Crippen LogP contribution in [0.4, 0.5) is 0 Å². The zero-order valence-corrected chi connectivity index (χ0v) is 22.1. The summed E-state index contributed by atoms with van der Waals surface area (Å²) in [5.41, 5.74) is 2.43. The fourth-order valence-electron chi connectivity index (χ4n) is 4.95. The fourth-order valence-corrected chi connectivity index (χ4v) is 5.98. The highest BCUT2D eigenvalue weighted by atomic mass is 35.5. The van der Waals surface area contributed by atoms with Crippen LogP contribution in [0.5, 0.6) is 0 Å². The van der Waals surface area contributed by atoms with Gasteiger partial charge in [-0.3, -0.25) is 9.59 Å². The van der Waals surface area contributed by atoms with Gasteiger partial charge in [0.05, 0.1) is 12.6 Å². The van der Waals surface area contributed by atoms with Gasteiger partial charge in [0.1, 0.15) is 0 Å². The number of hydrogen-bond donors (Lipinski definition) is 0. The number of carbonyl (C=O) groups excluding carboxylic acids is 2. The minimum atomic E-state index is -0.136. The first kappa shape index (κ1) is 25.8. The molecule has 2 aromatic rings. The molecule has 0 spiro atoms. The lowest BCUT2D eigenvalue weighted by Gasteiger charge is -2.37. The van der Waals surface area contributed by atoms with E-state index in [0.29, 0.717) is 24.5 Å². The molecule has 1 aromatic heterocycles. The van der Waals surface area contributed by atoms with Crippen LogP contribution >= 0.6 is 22.9 Å². The minimum Gasteiger partial charge on any atom is -0.333 e. The Morgan fingerprint density at radius 2 is 1.91 bits per heavy atom. The SMILES string of the molecule is CCCN(CC(=O)N1CCc2sccc2C1c1ccc(Cl)cc1)C(=O)CC(C)CC(C)(C)C. The molecule has 1 aromatic carbocycles. The van der Waals surface area contributed by atoms with Gasteiger partial charge >= 0.3 is 0 Å². The van der Waals surface area contributed by atoms with E-state index in [0.717, 1.165) is 24.8 Å². The quantitative estimate of drug-likeness (QED) is 0.421. The molecule has 2 atom stereocenters. The Morgan fingerprint density at radius 3 is 2.55 bits per heavy atom. The molecule has 1 aliphatic rings. The second-order valence-electron chi connectivity index (χ2n) is 10.5. The van der Waals surface area contributed by atoms with E-state index in [1.54, 1.807) is 16.2 Å². The lowest BCUT2D eigenvalue weighted by atomic mass is 9.84. The predicted octanol–water partition coefficient (Wildman–Crippen LogP) is 6.58. The first-order chi connectivity index (χ1) is 15.6. The first-order valence-electron chi connectivity index (χ1n) is 12.0. The number of hydrogen-bond acceptors (Lipinski definition) is 3. The highest BCUT2D eigenvalue weighted by Gasteiger charge is 2.34. The third-order valence-electron chi connectivity index (χ3n) is 6.13. The zero-order valence-electron chi connectivity index (χ0n) is 20.6. The van der Waals surface area contributed by atoms with Crippen molar-refractivity contribution in [2.24, 2.45) is 11.3 Å². The van der Waals surface area contributed by atoms with Gasteiger partial charge in [0.15, 0.2) is 0 Å². The maximum Gasteiger partial charge on any atom is 0.242 e. The van der Waals surface area contributed by atoms with Crippen molar-refractivity contribution < 1.29 is 9.59 Å². The Morgan fingerprint density at radius 1 is 1.21 bits per heavy atom. The molecular weight excluding hydrogens is 452 g/mol. The third-order valence-corrected chi connectivity index (χ3v) is 7.38. The average Bonchev–Trinajstić information content (AvgIpc) is 3.20. The molecule has 2 heterocycles. The summed E-state index contributed by atoms with van der Waals surface area (Å²) in [5.74, 6) is 0.382. The molecule has 2 unspecified atom stereocenters. The topological polar surface area (TPSA) is 40.6 Å². The molecule has 0 saturated carbocycles. The van der Waals surface area contributed by atoms with Gasteiger partial charge < -0.3 is 9.80 Å². The summed E-state index contributed by atoms with van der Waals surface area (Å²) >= 11 is 7.88. The van der Waals surface area contributed by atoms with Gasteiger partial charge in [-0.15, -0.1) is 11.3 Å². The van der Waals surface area contributed by atoms with Crippen LogP contribution in [0.25, 0.3) is 0 Å². The predicted molar refractivity (Wildman–Crippen MR) is 138 cm³/mol. The van der Waals surface area contributed by atoms with Crippen molar-refractivity contribution in [1.82, 2.24) is 9.80 Å². The molecule has 33 heavy (non-hydrogen) atoms. The number of halogens is 1. The minimum absolute atomic E-state index is 0.0112.